The van der Waals surface area contributed by atoms with Crippen LogP contribution in [0, 0.1) is 13.8 Å². The van der Waals surface area contributed by atoms with Crippen molar-refractivity contribution in [2.24, 2.45) is 0 Å². The third-order valence-electron chi connectivity index (χ3n) is 4.19. The number of hydrogen-bond donors (Lipinski definition) is 2. The second kappa shape index (κ2) is 8.26. The Bertz CT molecular complexity index is 1060. The molecule has 28 heavy (non-hydrogen) atoms. The van der Waals surface area contributed by atoms with Gasteiger partial charge in [0.1, 0.15) is 5.69 Å². The van der Waals surface area contributed by atoms with Crippen LogP contribution in [0.4, 0.5) is 5.69 Å². The number of benzene rings is 2. The molecule has 1 amide bonds. The summed E-state index contributed by atoms with van der Waals surface area (Å²) in [4.78, 5) is 12.6. The quantitative estimate of drug-likeness (QED) is 0.636. The summed E-state index contributed by atoms with van der Waals surface area (Å²) in [5, 5.41) is 6.50. The van der Waals surface area contributed by atoms with Crippen LogP contribution in [0.5, 0.6) is 0 Å². The van der Waals surface area contributed by atoms with Crippen LogP contribution in [0.2, 0.25) is 0 Å². The van der Waals surface area contributed by atoms with E-state index in [0.717, 1.165) is 5.56 Å². The van der Waals surface area contributed by atoms with Gasteiger partial charge in [-0.2, -0.15) is 0 Å². The van der Waals surface area contributed by atoms with E-state index < -0.39 is 10.0 Å². The maximum absolute atomic E-state index is 12.7. The molecule has 2 N–H and O–H groups in total. The fraction of sp³-hybridized carbons (Fsp3) is 0.200. The molecule has 0 bridgehead atoms. The number of para-hydroxylation sites is 1. The van der Waals surface area contributed by atoms with Crippen LogP contribution in [-0.4, -0.2) is 26.0 Å². The van der Waals surface area contributed by atoms with Crippen LogP contribution in [-0.2, 0) is 16.4 Å². The van der Waals surface area contributed by atoms with Crippen molar-refractivity contribution in [3.05, 3.63) is 77.2 Å². The SMILES string of the molecule is Cc1noc(C)c1S(=O)(=O)Nc1ccccc1C(=O)NCCc1ccccc1. The van der Waals surface area contributed by atoms with Crippen molar-refractivity contribution < 1.29 is 17.7 Å². The van der Waals surface area contributed by atoms with Gasteiger partial charge in [-0.05, 0) is 38.0 Å². The average Bonchev–Trinajstić information content (AvgIpc) is 3.02. The highest BCUT2D eigenvalue weighted by Gasteiger charge is 2.25. The molecule has 3 aromatic rings. The number of sulfonamides is 1. The standard InChI is InChI=1S/C20H21N3O4S/c1-14-19(15(2)27-22-14)28(25,26)23-18-11-7-6-10-17(18)20(24)21-13-12-16-8-4-3-5-9-16/h3-11,23H,12-13H2,1-2H3,(H,21,24). The van der Waals surface area contributed by atoms with Crippen molar-refractivity contribution in [1.29, 1.82) is 0 Å². The number of carbonyl (C=O) groups excluding carboxylic acids is 1. The summed E-state index contributed by atoms with van der Waals surface area (Å²) in [6, 6.07) is 16.2. The van der Waals surface area contributed by atoms with Crippen molar-refractivity contribution in [3.63, 3.8) is 0 Å². The minimum Gasteiger partial charge on any atom is -0.360 e. The normalized spacial score (nSPS) is 11.2. The first-order valence-electron chi connectivity index (χ1n) is 8.75. The largest absolute Gasteiger partial charge is 0.360 e. The first kappa shape index (κ1) is 19.6. The van der Waals surface area contributed by atoms with Crippen molar-refractivity contribution in [1.82, 2.24) is 10.5 Å². The lowest BCUT2D eigenvalue weighted by Gasteiger charge is -2.12. The smallest absolute Gasteiger partial charge is 0.267 e. The molecule has 0 fully saturated rings. The van der Waals surface area contributed by atoms with Crippen LogP contribution in [0.1, 0.15) is 27.4 Å². The maximum atomic E-state index is 12.7. The Kier molecular flexibility index (Phi) is 5.79. The fourth-order valence-corrected chi connectivity index (χ4v) is 4.30. The summed E-state index contributed by atoms with van der Waals surface area (Å²) in [5.41, 5.74) is 1.80. The third kappa shape index (κ3) is 4.40. The van der Waals surface area contributed by atoms with E-state index in [1.54, 1.807) is 31.2 Å². The van der Waals surface area contributed by atoms with Gasteiger partial charge in [0.2, 0.25) is 0 Å². The van der Waals surface area contributed by atoms with E-state index >= 15 is 0 Å². The molecule has 146 valence electrons. The number of aryl methyl sites for hydroxylation is 2. The van der Waals surface area contributed by atoms with Crippen LogP contribution in [0.25, 0.3) is 0 Å². The Morgan fingerprint density at radius 3 is 2.39 bits per heavy atom. The van der Waals surface area contributed by atoms with Crippen LogP contribution in [0.3, 0.4) is 0 Å². The van der Waals surface area contributed by atoms with Crippen LogP contribution < -0.4 is 10.0 Å². The van der Waals surface area contributed by atoms with Gasteiger partial charge in [-0.1, -0.05) is 47.6 Å². The first-order chi connectivity index (χ1) is 13.4. The Morgan fingerprint density at radius 1 is 1.04 bits per heavy atom. The van der Waals surface area contributed by atoms with Crippen LogP contribution in [0.15, 0.2) is 64.0 Å². The summed E-state index contributed by atoms with van der Waals surface area (Å²) < 4.78 is 32.9. The molecule has 3 rings (SSSR count). The summed E-state index contributed by atoms with van der Waals surface area (Å²) in [6.45, 7) is 3.51. The van der Waals surface area contributed by atoms with E-state index in [1.165, 1.54) is 6.92 Å². The van der Waals surface area contributed by atoms with Gasteiger partial charge < -0.3 is 9.84 Å². The van der Waals surface area contributed by atoms with E-state index in [9.17, 15) is 13.2 Å². The second-order valence-electron chi connectivity index (χ2n) is 6.30. The lowest BCUT2D eigenvalue weighted by molar-refractivity contribution is 0.0955. The zero-order chi connectivity index (χ0) is 20.1. The molecule has 0 radical (unpaired) electrons. The summed E-state index contributed by atoms with van der Waals surface area (Å²) in [7, 11) is -3.94. The Hall–Kier alpha value is -3.13. The highest BCUT2D eigenvalue weighted by Crippen LogP contribution is 2.24. The molecule has 1 heterocycles. The Morgan fingerprint density at radius 2 is 1.71 bits per heavy atom. The summed E-state index contributed by atoms with van der Waals surface area (Å²) >= 11 is 0. The number of hydrogen-bond acceptors (Lipinski definition) is 5. The number of nitrogens with zero attached hydrogens (tertiary/aromatic N) is 1. The number of aromatic nitrogens is 1. The highest BCUT2D eigenvalue weighted by molar-refractivity contribution is 7.92. The fourth-order valence-electron chi connectivity index (χ4n) is 2.88. The molecule has 2 aromatic carbocycles. The van der Waals surface area contributed by atoms with Gasteiger partial charge in [0.05, 0.1) is 11.3 Å². The first-order valence-corrected chi connectivity index (χ1v) is 10.2. The zero-order valence-electron chi connectivity index (χ0n) is 15.6. The number of anilines is 1. The van der Waals surface area contributed by atoms with Crippen molar-refractivity contribution in [2.75, 3.05) is 11.3 Å². The predicted octanol–water partition coefficient (Wildman–Crippen LogP) is 3.06. The maximum Gasteiger partial charge on any atom is 0.267 e. The van der Waals surface area contributed by atoms with Gasteiger partial charge in [0.25, 0.3) is 15.9 Å². The number of nitrogens with one attached hydrogen (secondary N) is 2. The topological polar surface area (TPSA) is 101 Å². The zero-order valence-corrected chi connectivity index (χ0v) is 16.4. The lowest BCUT2D eigenvalue weighted by Crippen LogP contribution is -2.27. The minimum atomic E-state index is -3.94. The molecule has 7 nitrogen and oxygen atoms in total. The van der Waals surface area contributed by atoms with Gasteiger partial charge in [-0.15, -0.1) is 0 Å². The summed E-state index contributed by atoms with van der Waals surface area (Å²) in [5.74, 6) is -0.164. The monoisotopic (exact) mass is 399 g/mol. The molecule has 8 heteroatoms. The molecule has 0 spiro atoms. The molecular formula is C20H21N3O4S. The van der Waals surface area contributed by atoms with Crippen molar-refractivity contribution in [2.45, 2.75) is 25.2 Å². The number of carbonyl (C=O) groups is 1. The van der Waals surface area contributed by atoms with Gasteiger partial charge in [-0.25, -0.2) is 8.42 Å². The molecule has 0 unspecified atom stereocenters. The molecule has 0 aliphatic rings. The molecule has 0 aliphatic heterocycles. The molecule has 0 saturated carbocycles. The van der Waals surface area contributed by atoms with E-state index in [-0.39, 0.29) is 33.5 Å². The summed E-state index contributed by atoms with van der Waals surface area (Å²) in [6.07, 6.45) is 0.680. The van der Waals surface area contributed by atoms with Gasteiger partial charge in [0, 0.05) is 6.54 Å². The van der Waals surface area contributed by atoms with E-state index in [1.807, 2.05) is 30.3 Å². The lowest BCUT2D eigenvalue weighted by atomic mass is 10.1. The third-order valence-corrected chi connectivity index (χ3v) is 5.80. The van der Waals surface area contributed by atoms with Crippen molar-refractivity contribution in [3.8, 4) is 0 Å². The van der Waals surface area contributed by atoms with Gasteiger partial charge >= 0.3 is 0 Å². The molecular weight excluding hydrogens is 378 g/mol. The Labute approximate surface area is 163 Å². The second-order valence-corrected chi connectivity index (χ2v) is 7.92. The molecule has 0 aliphatic carbocycles. The highest BCUT2D eigenvalue weighted by atomic mass is 32.2. The van der Waals surface area contributed by atoms with Crippen LogP contribution >= 0.6 is 0 Å². The van der Waals surface area contributed by atoms with Gasteiger partial charge in [-0.3, -0.25) is 9.52 Å². The van der Waals surface area contributed by atoms with E-state index in [2.05, 4.69) is 15.2 Å². The molecule has 0 atom stereocenters. The number of rotatable bonds is 7. The van der Waals surface area contributed by atoms with Gasteiger partial charge in [0.15, 0.2) is 10.7 Å². The van der Waals surface area contributed by atoms with E-state index in [0.29, 0.717) is 13.0 Å². The van der Waals surface area contributed by atoms with E-state index in [4.69, 9.17) is 4.52 Å². The molecule has 0 saturated heterocycles. The molecule has 1 aromatic heterocycles. The Balaban J connectivity index is 1.75. The minimum absolute atomic E-state index is 0.0215. The van der Waals surface area contributed by atoms with Crippen molar-refractivity contribution >= 4 is 21.6 Å². The number of amides is 1. The predicted molar refractivity (Wildman–Crippen MR) is 106 cm³/mol. The average molecular weight is 399 g/mol.